The normalized spacial score (nSPS) is 15.0. The lowest BCUT2D eigenvalue weighted by Crippen LogP contribution is -2.39. The molecule has 0 radical (unpaired) electrons. The number of sulfone groups is 1. The molecule has 0 aromatic heterocycles. The van der Waals surface area contributed by atoms with E-state index in [2.05, 4.69) is 42.6 Å². The molecule has 2 aromatic carbocycles. The number of rotatable bonds is 6. The Morgan fingerprint density at radius 2 is 1.67 bits per heavy atom. The average molecular weight is 305 g/mol. The van der Waals surface area contributed by atoms with E-state index in [1.807, 2.05) is 19.1 Å². The van der Waals surface area contributed by atoms with Gasteiger partial charge >= 0.3 is 0 Å². The Kier molecular flexibility index (Phi) is 5.01. The van der Waals surface area contributed by atoms with Crippen LogP contribution >= 0.6 is 0 Å². The van der Waals surface area contributed by atoms with Crippen LogP contribution in [0.25, 0.3) is 10.8 Å². The molecule has 0 bridgehead atoms. The minimum absolute atomic E-state index is 0.0320. The Labute approximate surface area is 127 Å². The monoisotopic (exact) mass is 305 g/mol. The maximum absolute atomic E-state index is 11.3. The lowest BCUT2D eigenvalue weighted by atomic mass is 10.0. The Hall–Kier alpha value is -1.39. The lowest BCUT2D eigenvalue weighted by Gasteiger charge is -2.19. The number of fused-ring (bicyclic) bond motifs is 1. The predicted molar refractivity (Wildman–Crippen MR) is 89.4 cm³/mol. The van der Waals surface area contributed by atoms with Crippen LogP contribution in [0.1, 0.15) is 19.4 Å². The third kappa shape index (κ3) is 5.14. The van der Waals surface area contributed by atoms with E-state index in [-0.39, 0.29) is 17.8 Å². The minimum atomic E-state index is -2.93. The molecule has 2 atom stereocenters. The summed E-state index contributed by atoms with van der Waals surface area (Å²) < 4.78 is 22.6. The molecule has 21 heavy (non-hydrogen) atoms. The van der Waals surface area contributed by atoms with Crippen molar-refractivity contribution in [3.8, 4) is 0 Å². The fourth-order valence-electron chi connectivity index (χ4n) is 2.77. The van der Waals surface area contributed by atoms with Crippen LogP contribution in [0, 0.1) is 0 Å². The second-order valence-corrected chi connectivity index (χ2v) is 8.13. The van der Waals surface area contributed by atoms with Crippen molar-refractivity contribution in [2.45, 2.75) is 32.4 Å². The molecule has 0 aliphatic rings. The highest BCUT2D eigenvalue weighted by Gasteiger charge is 2.13. The van der Waals surface area contributed by atoms with Gasteiger partial charge in [0.05, 0.1) is 5.75 Å². The molecule has 0 aliphatic carbocycles. The van der Waals surface area contributed by atoms with E-state index in [0.717, 1.165) is 6.42 Å². The molecular formula is C17H23NO2S. The van der Waals surface area contributed by atoms with Crippen molar-refractivity contribution < 1.29 is 8.42 Å². The average Bonchev–Trinajstić information content (AvgIpc) is 2.35. The van der Waals surface area contributed by atoms with Crippen LogP contribution in [-0.2, 0) is 16.3 Å². The number of hydrogen-bond donors (Lipinski definition) is 1. The van der Waals surface area contributed by atoms with Crippen LogP contribution in [0.15, 0.2) is 42.5 Å². The Morgan fingerprint density at radius 3 is 2.33 bits per heavy atom. The molecule has 4 heteroatoms. The molecule has 3 nitrogen and oxygen atoms in total. The van der Waals surface area contributed by atoms with Crippen molar-refractivity contribution in [2.24, 2.45) is 0 Å². The van der Waals surface area contributed by atoms with Gasteiger partial charge in [-0.3, -0.25) is 0 Å². The molecular weight excluding hydrogens is 282 g/mol. The first kappa shape index (κ1) is 16.0. The van der Waals surface area contributed by atoms with Crippen molar-refractivity contribution in [1.82, 2.24) is 5.32 Å². The predicted octanol–water partition coefficient (Wildman–Crippen LogP) is 2.79. The molecule has 0 aliphatic heterocycles. The van der Waals surface area contributed by atoms with E-state index in [1.165, 1.54) is 22.6 Å². The maximum Gasteiger partial charge on any atom is 0.148 e. The van der Waals surface area contributed by atoms with Gasteiger partial charge in [-0.15, -0.1) is 0 Å². The fourth-order valence-corrected chi connectivity index (χ4v) is 3.77. The summed E-state index contributed by atoms with van der Waals surface area (Å²) in [5.41, 5.74) is 1.26. The quantitative estimate of drug-likeness (QED) is 0.892. The van der Waals surface area contributed by atoms with E-state index in [4.69, 9.17) is 0 Å². The number of benzene rings is 2. The molecule has 0 amide bonds. The highest BCUT2D eigenvalue weighted by Crippen LogP contribution is 2.16. The van der Waals surface area contributed by atoms with Crippen LogP contribution in [0.3, 0.4) is 0 Å². The van der Waals surface area contributed by atoms with Crippen molar-refractivity contribution in [1.29, 1.82) is 0 Å². The maximum atomic E-state index is 11.3. The number of nitrogens with one attached hydrogen (secondary N) is 1. The largest absolute Gasteiger partial charge is 0.310 e. The second kappa shape index (κ2) is 6.58. The van der Waals surface area contributed by atoms with Crippen molar-refractivity contribution in [2.75, 3.05) is 12.0 Å². The topological polar surface area (TPSA) is 46.2 Å². The zero-order valence-electron chi connectivity index (χ0n) is 12.8. The third-order valence-electron chi connectivity index (χ3n) is 3.48. The van der Waals surface area contributed by atoms with Crippen LogP contribution in [0.2, 0.25) is 0 Å². The minimum Gasteiger partial charge on any atom is -0.310 e. The molecule has 0 fully saturated rings. The second-order valence-electron chi connectivity index (χ2n) is 5.95. The van der Waals surface area contributed by atoms with Crippen molar-refractivity contribution in [3.63, 3.8) is 0 Å². The van der Waals surface area contributed by atoms with Crippen LogP contribution in [0.4, 0.5) is 0 Å². The van der Waals surface area contributed by atoms with Crippen LogP contribution in [-0.4, -0.2) is 32.5 Å². The summed E-state index contributed by atoms with van der Waals surface area (Å²) >= 11 is 0. The van der Waals surface area contributed by atoms with Crippen molar-refractivity contribution in [3.05, 3.63) is 48.0 Å². The van der Waals surface area contributed by atoms with Gasteiger partial charge in [0.2, 0.25) is 0 Å². The van der Waals surface area contributed by atoms with Gasteiger partial charge < -0.3 is 5.32 Å². The molecule has 0 unspecified atom stereocenters. The van der Waals surface area contributed by atoms with Gasteiger partial charge in [-0.2, -0.15) is 0 Å². The van der Waals surface area contributed by atoms with Gasteiger partial charge in [0.15, 0.2) is 0 Å². The highest BCUT2D eigenvalue weighted by atomic mass is 32.2. The number of hydrogen-bond acceptors (Lipinski definition) is 3. The molecule has 114 valence electrons. The summed E-state index contributed by atoms with van der Waals surface area (Å²) in [6, 6.07) is 15.0. The van der Waals surface area contributed by atoms with E-state index < -0.39 is 9.84 Å². The van der Waals surface area contributed by atoms with Crippen LogP contribution < -0.4 is 5.32 Å². The van der Waals surface area contributed by atoms with Crippen LogP contribution in [0.5, 0.6) is 0 Å². The van der Waals surface area contributed by atoms with Gasteiger partial charge in [0, 0.05) is 18.3 Å². The summed E-state index contributed by atoms with van der Waals surface area (Å²) in [6.07, 6.45) is 2.16. The first-order valence-electron chi connectivity index (χ1n) is 7.25. The highest BCUT2D eigenvalue weighted by molar-refractivity contribution is 7.90. The summed E-state index contributed by atoms with van der Waals surface area (Å²) in [5.74, 6) is 0.176. The molecule has 1 N–H and O–H groups in total. The summed E-state index contributed by atoms with van der Waals surface area (Å²) in [7, 11) is -2.93. The first-order chi connectivity index (χ1) is 9.83. The standard InChI is InChI=1S/C17H23NO2S/c1-13(18-14(2)12-21(3,19)20)10-15-8-9-16-6-4-5-7-17(16)11-15/h4-9,11,13-14,18H,10,12H2,1-3H3/t13-,14-/m0/s1. The van der Waals surface area contributed by atoms with Gasteiger partial charge in [0.1, 0.15) is 9.84 Å². The zero-order valence-corrected chi connectivity index (χ0v) is 13.7. The van der Waals surface area contributed by atoms with E-state index in [9.17, 15) is 8.42 Å². The van der Waals surface area contributed by atoms with Gasteiger partial charge in [0.25, 0.3) is 0 Å². The third-order valence-corrected chi connectivity index (χ3v) is 4.58. The smallest absolute Gasteiger partial charge is 0.148 e. The Bertz CT molecular complexity index is 710. The van der Waals surface area contributed by atoms with Crippen molar-refractivity contribution >= 4 is 20.6 Å². The fraction of sp³-hybridized carbons (Fsp3) is 0.412. The molecule has 2 aromatic rings. The first-order valence-corrected chi connectivity index (χ1v) is 9.31. The Morgan fingerprint density at radius 1 is 1.00 bits per heavy atom. The summed E-state index contributed by atoms with van der Waals surface area (Å²) in [6.45, 7) is 4.01. The SMILES string of the molecule is C[C@@H](Cc1ccc2ccccc2c1)N[C@@H](C)CS(C)(=O)=O. The molecule has 0 spiro atoms. The molecule has 0 saturated carbocycles. The van der Waals surface area contributed by atoms with Gasteiger partial charge in [-0.1, -0.05) is 42.5 Å². The Balaban J connectivity index is 1.99. The molecule has 0 saturated heterocycles. The summed E-state index contributed by atoms with van der Waals surface area (Å²) in [4.78, 5) is 0. The van der Waals surface area contributed by atoms with E-state index >= 15 is 0 Å². The van der Waals surface area contributed by atoms with E-state index in [1.54, 1.807) is 0 Å². The zero-order chi connectivity index (χ0) is 15.5. The van der Waals surface area contributed by atoms with Gasteiger partial charge in [-0.25, -0.2) is 8.42 Å². The van der Waals surface area contributed by atoms with E-state index in [0.29, 0.717) is 0 Å². The lowest BCUT2D eigenvalue weighted by molar-refractivity contribution is 0.484. The summed E-state index contributed by atoms with van der Waals surface area (Å²) in [5, 5.41) is 5.84. The van der Waals surface area contributed by atoms with Gasteiger partial charge in [-0.05, 0) is 36.6 Å². The molecule has 0 heterocycles. The molecule has 2 rings (SSSR count).